The maximum Gasteiger partial charge on any atom is 0.411 e. The number of nitrogens with one attached hydrogen (secondary N) is 1. The van der Waals surface area contributed by atoms with Crippen LogP contribution in [0, 0.1) is 5.92 Å². The lowest BCUT2D eigenvalue weighted by Gasteiger charge is -2.30. The van der Waals surface area contributed by atoms with Gasteiger partial charge in [0.25, 0.3) is 0 Å². The zero-order chi connectivity index (χ0) is 19.2. The molecule has 2 aliphatic carbocycles. The second kappa shape index (κ2) is 6.84. The summed E-state index contributed by atoms with van der Waals surface area (Å²) in [7, 11) is 0. The molecule has 1 aromatic carbocycles. The number of carbonyl (C=O) groups is 2. The maximum absolute atomic E-state index is 12.9. The summed E-state index contributed by atoms with van der Waals surface area (Å²) in [5, 5.41) is 3.22. The van der Waals surface area contributed by atoms with Crippen LogP contribution in [-0.2, 0) is 9.53 Å². The van der Waals surface area contributed by atoms with Crippen molar-refractivity contribution in [2.75, 3.05) is 0 Å². The van der Waals surface area contributed by atoms with Gasteiger partial charge >= 0.3 is 6.09 Å². The molecule has 146 valence electrons. The van der Waals surface area contributed by atoms with Crippen molar-refractivity contribution in [1.82, 2.24) is 10.2 Å². The van der Waals surface area contributed by atoms with Gasteiger partial charge in [0.15, 0.2) is 0 Å². The van der Waals surface area contributed by atoms with Crippen LogP contribution >= 0.6 is 0 Å². The molecule has 5 heteroatoms. The molecular formula is C22H30N2O3. The van der Waals surface area contributed by atoms with Gasteiger partial charge in [-0.15, -0.1) is 0 Å². The topological polar surface area (TPSA) is 58.6 Å². The summed E-state index contributed by atoms with van der Waals surface area (Å²) < 4.78 is 5.55. The van der Waals surface area contributed by atoms with Gasteiger partial charge in [0.1, 0.15) is 11.6 Å². The molecule has 1 saturated heterocycles. The first-order valence-electron chi connectivity index (χ1n) is 10.2. The molecule has 1 aromatic rings. The monoisotopic (exact) mass is 370 g/mol. The van der Waals surface area contributed by atoms with Crippen molar-refractivity contribution in [2.45, 2.75) is 82.5 Å². The van der Waals surface area contributed by atoms with Gasteiger partial charge in [-0.3, -0.25) is 9.69 Å². The molecule has 1 N–H and O–H groups in total. The smallest absolute Gasteiger partial charge is 0.411 e. The molecule has 27 heavy (non-hydrogen) atoms. The van der Waals surface area contributed by atoms with Gasteiger partial charge in [-0.2, -0.15) is 0 Å². The van der Waals surface area contributed by atoms with Gasteiger partial charge < -0.3 is 10.1 Å². The van der Waals surface area contributed by atoms with Crippen molar-refractivity contribution in [3.63, 3.8) is 0 Å². The van der Waals surface area contributed by atoms with Crippen molar-refractivity contribution in [1.29, 1.82) is 0 Å². The van der Waals surface area contributed by atoms with Crippen molar-refractivity contribution in [3.8, 4) is 0 Å². The van der Waals surface area contributed by atoms with Crippen molar-refractivity contribution in [2.24, 2.45) is 5.92 Å². The summed E-state index contributed by atoms with van der Waals surface area (Å²) in [6.45, 7) is 5.59. The fourth-order valence-corrected chi connectivity index (χ4v) is 4.71. The quantitative estimate of drug-likeness (QED) is 0.879. The number of likely N-dealkylation sites (tertiary alicyclic amines) is 1. The van der Waals surface area contributed by atoms with E-state index in [2.05, 4.69) is 29.6 Å². The van der Waals surface area contributed by atoms with E-state index in [0.29, 0.717) is 11.8 Å². The van der Waals surface area contributed by atoms with Gasteiger partial charge in [0, 0.05) is 12.1 Å². The third-order valence-electron chi connectivity index (χ3n) is 6.06. The molecule has 2 saturated carbocycles. The molecule has 0 bridgehead atoms. The number of nitrogens with zero attached hydrogens (tertiary/aromatic N) is 1. The Morgan fingerprint density at radius 3 is 2.52 bits per heavy atom. The fourth-order valence-electron chi connectivity index (χ4n) is 4.71. The highest BCUT2D eigenvalue weighted by molar-refractivity contribution is 5.87. The Balaban J connectivity index is 1.36. The number of hydrogen-bond acceptors (Lipinski definition) is 3. The van der Waals surface area contributed by atoms with Crippen molar-refractivity contribution in [3.05, 3.63) is 35.9 Å². The normalized spacial score (nSPS) is 32.1. The zero-order valence-electron chi connectivity index (χ0n) is 16.5. The van der Waals surface area contributed by atoms with Crippen LogP contribution in [0.5, 0.6) is 0 Å². The van der Waals surface area contributed by atoms with Crippen LogP contribution < -0.4 is 5.32 Å². The highest BCUT2D eigenvalue weighted by atomic mass is 16.6. The number of hydrogen-bond donors (Lipinski definition) is 1. The van der Waals surface area contributed by atoms with Gasteiger partial charge in [-0.1, -0.05) is 30.3 Å². The van der Waals surface area contributed by atoms with Crippen molar-refractivity contribution >= 4 is 12.0 Å². The number of piperidine rings is 1. The predicted octanol–water partition coefficient (Wildman–Crippen LogP) is 3.84. The summed E-state index contributed by atoms with van der Waals surface area (Å²) in [5.74, 6) is 0.969. The molecule has 4 rings (SSSR count). The summed E-state index contributed by atoms with van der Waals surface area (Å²) >= 11 is 0. The first-order chi connectivity index (χ1) is 12.8. The number of carbonyl (C=O) groups excluding carboxylic acids is 2. The van der Waals surface area contributed by atoms with Crippen LogP contribution in [0.1, 0.15) is 64.4 Å². The second-order valence-electron chi connectivity index (χ2n) is 9.33. The summed E-state index contributed by atoms with van der Waals surface area (Å²) in [6, 6.07) is 10.5. The van der Waals surface area contributed by atoms with E-state index in [1.807, 2.05) is 26.8 Å². The van der Waals surface area contributed by atoms with Crippen LogP contribution in [0.25, 0.3) is 0 Å². The zero-order valence-corrected chi connectivity index (χ0v) is 16.5. The average molecular weight is 370 g/mol. The summed E-state index contributed by atoms with van der Waals surface area (Å²) in [5.41, 5.74) is 0.811. The molecule has 2 amide bonds. The Hall–Kier alpha value is -2.04. The molecule has 1 unspecified atom stereocenters. The predicted molar refractivity (Wildman–Crippen MR) is 103 cm³/mol. The fraction of sp³-hybridized carbons (Fsp3) is 0.636. The van der Waals surface area contributed by atoms with Gasteiger partial charge in [0.05, 0.1) is 0 Å². The van der Waals surface area contributed by atoms with E-state index in [4.69, 9.17) is 4.74 Å². The van der Waals surface area contributed by atoms with Gasteiger partial charge in [-0.05, 0) is 70.3 Å². The number of benzene rings is 1. The number of ether oxygens (including phenoxy) is 1. The average Bonchev–Trinajstić information content (AvgIpc) is 3.04. The minimum atomic E-state index is -0.542. The molecule has 5 atom stereocenters. The Kier molecular flexibility index (Phi) is 4.65. The lowest BCUT2D eigenvalue weighted by molar-refractivity contribution is -0.126. The Morgan fingerprint density at radius 2 is 1.81 bits per heavy atom. The Labute approximate surface area is 161 Å². The van der Waals surface area contributed by atoms with Crippen LogP contribution in [0.15, 0.2) is 30.3 Å². The molecule has 0 radical (unpaired) electrons. The lowest BCUT2D eigenvalue weighted by Crippen LogP contribution is -2.51. The van der Waals surface area contributed by atoms with E-state index >= 15 is 0 Å². The Morgan fingerprint density at radius 1 is 1.07 bits per heavy atom. The number of rotatable bonds is 3. The molecule has 3 aliphatic rings. The molecule has 0 spiro atoms. The largest absolute Gasteiger partial charge is 0.444 e. The first kappa shape index (κ1) is 18.3. The van der Waals surface area contributed by atoms with Gasteiger partial charge in [0.2, 0.25) is 5.91 Å². The lowest BCUT2D eigenvalue weighted by atomic mass is 9.97. The van der Waals surface area contributed by atoms with E-state index in [-0.39, 0.29) is 30.1 Å². The van der Waals surface area contributed by atoms with E-state index < -0.39 is 5.60 Å². The van der Waals surface area contributed by atoms with E-state index in [9.17, 15) is 9.59 Å². The van der Waals surface area contributed by atoms with Crippen LogP contribution in [0.2, 0.25) is 0 Å². The van der Waals surface area contributed by atoms with Crippen LogP contribution in [0.4, 0.5) is 4.79 Å². The molecular weight excluding hydrogens is 340 g/mol. The standard InChI is InChI=1S/C22H30N2O3/c1-22(2,3)27-21(26)24-18-12-16(18)13-19(24)20(25)23-17-10-9-15(11-17)14-7-5-4-6-8-14/h4-8,15-19H,9-13H2,1-3H3,(H,23,25)/t15?,16-,17+,18-,19+/m1/s1. The van der Waals surface area contributed by atoms with Gasteiger partial charge in [-0.25, -0.2) is 4.79 Å². The minimum Gasteiger partial charge on any atom is -0.444 e. The maximum atomic E-state index is 12.9. The molecule has 0 aromatic heterocycles. The second-order valence-corrected chi connectivity index (χ2v) is 9.33. The third-order valence-corrected chi connectivity index (χ3v) is 6.06. The SMILES string of the molecule is CC(C)(C)OC(=O)N1[C@@H]2C[C@@H]2C[C@H]1C(=O)N[C@H]1CCC(c2ccccc2)C1. The number of amides is 2. The van der Waals surface area contributed by atoms with Crippen LogP contribution in [0.3, 0.4) is 0 Å². The van der Waals surface area contributed by atoms with Crippen molar-refractivity contribution < 1.29 is 14.3 Å². The number of fused-ring (bicyclic) bond motifs is 1. The molecule has 1 aliphatic heterocycles. The minimum absolute atomic E-state index is 0.00762. The Bertz CT molecular complexity index is 712. The highest BCUT2D eigenvalue weighted by Gasteiger charge is 2.57. The molecule has 3 fully saturated rings. The van der Waals surface area contributed by atoms with E-state index in [1.165, 1.54) is 5.56 Å². The molecule has 1 heterocycles. The summed E-state index contributed by atoms with van der Waals surface area (Å²) in [4.78, 5) is 27.2. The highest BCUT2D eigenvalue weighted by Crippen LogP contribution is 2.48. The summed E-state index contributed by atoms with van der Waals surface area (Å²) in [6.07, 6.45) is 4.49. The van der Waals surface area contributed by atoms with E-state index in [0.717, 1.165) is 32.1 Å². The third kappa shape index (κ3) is 3.97. The van der Waals surface area contributed by atoms with E-state index in [1.54, 1.807) is 4.90 Å². The first-order valence-corrected chi connectivity index (χ1v) is 10.2. The molecule has 5 nitrogen and oxygen atoms in total. The van der Waals surface area contributed by atoms with Crippen LogP contribution in [-0.4, -0.2) is 40.6 Å².